The van der Waals surface area contributed by atoms with Crippen LogP contribution in [0.25, 0.3) is 0 Å². The van der Waals surface area contributed by atoms with Crippen LogP contribution in [0.3, 0.4) is 0 Å². The van der Waals surface area contributed by atoms with Crippen LogP contribution in [0.1, 0.15) is 27.9 Å². The lowest BCUT2D eigenvalue weighted by molar-refractivity contribution is -0.136. The number of carbonyl (C=O) groups excluding carboxylic acids is 2. The fraction of sp³-hybridized carbons (Fsp3) is 0.167. The number of anilines is 2. The lowest BCUT2D eigenvalue weighted by Gasteiger charge is -2.23. The van der Waals surface area contributed by atoms with Crippen LogP contribution in [0.5, 0.6) is 0 Å². The molecule has 2 N–H and O–H groups in total. The van der Waals surface area contributed by atoms with E-state index in [1.54, 1.807) is 36.4 Å². The summed E-state index contributed by atoms with van der Waals surface area (Å²) < 4.78 is 38.3. The summed E-state index contributed by atoms with van der Waals surface area (Å²) in [5.41, 5.74) is -0.0674. The number of benzene rings is 3. The van der Waals surface area contributed by atoms with Crippen molar-refractivity contribution >= 4 is 33.1 Å². The van der Waals surface area contributed by atoms with E-state index in [9.17, 15) is 27.5 Å². The van der Waals surface area contributed by atoms with E-state index in [1.807, 2.05) is 0 Å². The number of halogens is 1. The first-order valence-electron chi connectivity index (χ1n) is 10.1. The standard InChI is InChI=1S/C24H21FN2O5S/c1-33(31,32)26-19-12-8-17(9-13-19)22(28)14-24(30)20-4-2-3-5-21(20)27(23(24)29)15-16-6-10-18(25)11-7-16/h2-13,26,30H,14-15H2,1H3/t24-/m0/s1. The zero-order chi connectivity index (χ0) is 23.8. The summed E-state index contributed by atoms with van der Waals surface area (Å²) in [5, 5.41) is 11.4. The van der Waals surface area contributed by atoms with Crippen LogP contribution >= 0.6 is 0 Å². The molecule has 9 heteroatoms. The summed E-state index contributed by atoms with van der Waals surface area (Å²) in [7, 11) is -3.46. The van der Waals surface area contributed by atoms with Crippen molar-refractivity contribution in [2.45, 2.75) is 18.6 Å². The lowest BCUT2D eigenvalue weighted by atomic mass is 9.88. The SMILES string of the molecule is CS(=O)(=O)Nc1ccc(C(=O)C[C@@]2(O)C(=O)N(Cc3ccc(F)cc3)c3ccccc32)cc1. The number of para-hydroxylation sites is 1. The molecule has 1 atom stereocenters. The highest BCUT2D eigenvalue weighted by Gasteiger charge is 2.50. The highest BCUT2D eigenvalue weighted by molar-refractivity contribution is 7.92. The number of nitrogens with one attached hydrogen (secondary N) is 1. The molecule has 1 amide bonds. The number of carbonyl (C=O) groups is 2. The molecule has 0 aliphatic carbocycles. The van der Waals surface area contributed by atoms with Crippen molar-refractivity contribution in [1.29, 1.82) is 0 Å². The Bertz CT molecular complexity index is 1320. The lowest BCUT2D eigenvalue weighted by Crippen LogP contribution is -2.41. The summed E-state index contributed by atoms with van der Waals surface area (Å²) in [5.74, 6) is -1.52. The number of nitrogens with zero attached hydrogens (tertiary/aromatic N) is 1. The van der Waals surface area contributed by atoms with Gasteiger partial charge in [0.05, 0.1) is 24.9 Å². The van der Waals surface area contributed by atoms with Crippen molar-refractivity contribution in [2.24, 2.45) is 0 Å². The largest absolute Gasteiger partial charge is 0.375 e. The second-order valence-corrected chi connectivity index (χ2v) is 9.70. The molecule has 3 aromatic rings. The molecule has 170 valence electrons. The fourth-order valence-electron chi connectivity index (χ4n) is 3.88. The molecule has 0 saturated carbocycles. The number of hydrogen-bond acceptors (Lipinski definition) is 5. The van der Waals surface area contributed by atoms with Gasteiger partial charge in [-0.1, -0.05) is 30.3 Å². The number of hydrogen-bond donors (Lipinski definition) is 2. The number of ketones is 1. The molecule has 1 aliphatic heterocycles. The van der Waals surface area contributed by atoms with Crippen molar-refractivity contribution in [1.82, 2.24) is 0 Å². The molecule has 0 bridgehead atoms. The van der Waals surface area contributed by atoms with Gasteiger partial charge in [0.15, 0.2) is 11.4 Å². The van der Waals surface area contributed by atoms with Crippen molar-refractivity contribution in [3.05, 3.63) is 95.3 Å². The molecule has 0 unspecified atom stereocenters. The van der Waals surface area contributed by atoms with Crippen LogP contribution in [0, 0.1) is 5.82 Å². The normalized spacial score (nSPS) is 17.7. The van der Waals surface area contributed by atoms with Crippen LogP contribution in [-0.4, -0.2) is 31.5 Å². The highest BCUT2D eigenvalue weighted by Crippen LogP contribution is 2.43. The van der Waals surface area contributed by atoms with Gasteiger partial charge in [0.25, 0.3) is 5.91 Å². The number of amides is 1. The number of aliphatic hydroxyl groups is 1. The second kappa shape index (κ2) is 8.42. The smallest absolute Gasteiger partial charge is 0.264 e. The minimum absolute atomic E-state index is 0.110. The van der Waals surface area contributed by atoms with Gasteiger partial charge in [0.1, 0.15) is 5.82 Å². The van der Waals surface area contributed by atoms with Gasteiger partial charge in [-0.05, 0) is 48.0 Å². The second-order valence-electron chi connectivity index (χ2n) is 7.95. The van der Waals surface area contributed by atoms with Crippen molar-refractivity contribution in [3.63, 3.8) is 0 Å². The van der Waals surface area contributed by atoms with Crippen molar-refractivity contribution in [2.75, 3.05) is 15.9 Å². The summed E-state index contributed by atoms with van der Waals surface area (Å²) in [4.78, 5) is 27.6. The summed E-state index contributed by atoms with van der Waals surface area (Å²) in [6.45, 7) is 0.110. The van der Waals surface area contributed by atoms with Crippen LogP contribution in [-0.2, 0) is 27.0 Å². The van der Waals surface area contributed by atoms with Crippen molar-refractivity contribution in [3.8, 4) is 0 Å². The van der Waals surface area contributed by atoms with E-state index in [4.69, 9.17) is 0 Å². The number of fused-ring (bicyclic) bond motifs is 1. The fourth-order valence-corrected chi connectivity index (χ4v) is 4.44. The molecule has 0 fully saturated rings. The maximum Gasteiger partial charge on any atom is 0.264 e. The Morgan fingerprint density at radius 2 is 1.67 bits per heavy atom. The molecule has 1 aliphatic rings. The average Bonchev–Trinajstić information content (AvgIpc) is 2.96. The van der Waals surface area contributed by atoms with Crippen LogP contribution in [0.15, 0.2) is 72.8 Å². The molecule has 3 aromatic carbocycles. The molecular weight excluding hydrogens is 447 g/mol. The van der Waals surface area contributed by atoms with E-state index < -0.39 is 39.6 Å². The molecule has 0 radical (unpaired) electrons. The first-order valence-corrected chi connectivity index (χ1v) is 12.0. The summed E-state index contributed by atoms with van der Waals surface area (Å²) in [6.07, 6.45) is 0.532. The Morgan fingerprint density at radius 3 is 2.30 bits per heavy atom. The summed E-state index contributed by atoms with van der Waals surface area (Å²) >= 11 is 0. The Kier molecular flexibility index (Phi) is 5.77. The Labute approximate surface area is 190 Å². The monoisotopic (exact) mass is 468 g/mol. The molecule has 4 rings (SSSR count). The quantitative estimate of drug-likeness (QED) is 0.519. The molecule has 0 spiro atoms. The van der Waals surface area contributed by atoms with E-state index in [0.717, 1.165) is 6.26 Å². The van der Waals surface area contributed by atoms with Crippen LogP contribution < -0.4 is 9.62 Å². The van der Waals surface area contributed by atoms with E-state index in [1.165, 1.54) is 41.3 Å². The van der Waals surface area contributed by atoms with Gasteiger partial charge in [0.2, 0.25) is 10.0 Å². The van der Waals surface area contributed by atoms with Crippen molar-refractivity contribution < 1.29 is 27.5 Å². The zero-order valence-electron chi connectivity index (χ0n) is 17.7. The van der Waals surface area contributed by atoms with Gasteiger partial charge in [-0.25, -0.2) is 12.8 Å². The topological polar surface area (TPSA) is 104 Å². The van der Waals surface area contributed by atoms with E-state index in [0.29, 0.717) is 22.5 Å². The minimum Gasteiger partial charge on any atom is -0.375 e. The van der Waals surface area contributed by atoms with Gasteiger partial charge in [-0.3, -0.25) is 14.3 Å². The first kappa shape index (κ1) is 22.6. The molecule has 7 nitrogen and oxygen atoms in total. The van der Waals surface area contributed by atoms with Gasteiger partial charge in [-0.15, -0.1) is 0 Å². The maximum atomic E-state index is 13.3. The van der Waals surface area contributed by atoms with Gasteiger partial charge in [-0.2, -0.15) is 0 Å². The number of rotatable bonds is 7. The third-order valence-electron chi connectivity index (χ3n) is 5.42. The predicted octanol–water partition coefficient (Wildman–Crippen LogP) is 3.20. The Hall–Kier alpha value is -3.56. The third-order valence-corrected chi connectivity index (χ3v) is 6.03. The number of Topliss-reactive ketones (excluding diaryl/α,β-unsaturated/α-hetero) is 1. The predicted molar refractivity (Wildman–Crippen MR) is 122 cm³/mol. The van der Waals surface area contributed by atoms with Gasteiger partial charge >= 0.3 is 0 Å². The molecule has 0 aromatic heterocycles. The van der Waals surface area contributed by atoms with E-state index in [-0.39, 0.29) is 12.1 Å². The molecular formula is C24H21FN2O5S. The molecule has 1 heterocycles. The maximum absolute atomic E-state index is 13.3. The van der Waals surface area contributed by atoms with Gasteiger partial charge < -0.3 is 10.0 Å². The average molecular weight is 469 g/mol. The Balaban J connectivity index is 1.59. The third kappa shape index (κ3) is 4.64. The minimum atomic E-state index is -3.46. The summed E-state index contributed by atoms with van der Waals surface area (Å²) in [6, 6.07) is 18.1. The van der Waals surface area contributed by atoms with Crippen LogP contribution in [0.4, 0.5) is 15.8 Å². The zero-order valence-corrected chi connectivity index (χ0v) is 18.5. The highest BCUT2D eigenvalue weighted by atomic mass is 32.2. The Morgan fingerprint density at radius 1 is 1.03 bits per heavy atom. The molecule has 33 heavy (non-hydrogen) atoms. The van der Waals surface area contributed by atoms with E-state index >= 15 is 0 Å². The molecule has 0 saturated heterocycles. The first-order chi connectivity index (χ1) is 15.6. The number of sulfonamides is 1. The van der Waals surface area contributed by atoms with Crippen LogP contribution in [0.2, 0.25) is 0 Å². The van der Waals surface area contributed by atoms with Gasteiger partial charge in [0, 0.05) is 16.8 Å². The van der Waals surface area contributed by atoms with E-state index in [2.05, 4.69) is 4.72 Å².